The second kappa shape index (κ2) is 10.7. The highest BCUT2D eigenvalue weighted by atomic mass is 16.6. The quantitative estimate of drug-likeness (QED) is 0.176. The summed E-state index contributed by atoms with van der Waals surface area (Å²) in [5.74, 6) is 3.60. The van der Waals surface area contributed by atoms with Crippen LogP contribution in [0.3, 0.4) is 0 Å². The van der Waals surface area contributed by atoms with Gasteiger partial charge in [-0.3, -0.25) is 14.5 Å². The number of ketones is 1. The van der Waals surface area contributed by atoms with E-state index in [1.54, 1.807) is 24.5 Å². The lowest BCUT2D eigenvalue weighted by Crippen LogP contribution is -2.19. The molecule has 2 N–H and O–H groups in total. The number of likely N-dealkylation sites (tertiary alicyclic amines) is 1. The number of aromatic nitrogens is 2. The number of fused-ring (bicyclic) bond motifs is 1. The minimum Gasteiger partial charge on any atom is -0.436 e. The van der Waals surface area contributed by atoms with Crippen LogP contribution >= 0.6 is 0 Å². The number of carbonyl (C=O) groups excluding carboxylic acids is 3. The largest absolute Gasteiger partial charge is 0.436 e. The van der Waals surface area contributed by atoms with Gasteiger partial charge in [-0.15, -0.1) is 0 Å². The summed E-state index contributed by atoms with van der Waals surface area (Å²) in [6.45, 7) is 5.90. The van der Waals surface area contributed by atoms with Crippen LogP contribution in [0.4, 0.5) is 5.69 Å². The van der Waals surface area contributed by atoms with Gasteiger partial charge in [-0.1, -0.05) is 11.8 Å². The van der Waals surface area contributed by atoms with Gasteiger partial charge >= 0.3 is 11.9 Å². The van der Waals surface area contributed by atoms with Gasteiger partial charge in [0.25, 0.3) is 0 Å². The van der Waals surface area contributed by atoms with Gasteiger partial charge in [0.15, 0.2) is 11.3 Å². The third-order valence-corrected chi connectivity index (χ3v) is 6.31. The first-order valence-corrected chi connectivity index (χ1v) is 12.3. The Kier molecular flexibility index (Phi) is 7.07. The maximum absolute atomic E-state index is 13.2. The molecule has 192 valence electrons. The lowest BCUT2D eigenvalue weighted by Gasteiger charge is -2.11. The molecule has 4 heterocycles. The molecule has 0 spiro atoms. The predicted molar refractivity (Wildman–Crippen MR) is 141 cm³/mol. The number of ether oxygens (including phenoxy) is 2. The molecule has 2 aromatic heterocycles. The first-order chi connectivity index (χ1) is 18.4. The van der Waals surface area contributed by atoms with Crippen LogP contribution in [-0.2, 0) is 23.9 Å². The molecule has 0 radical (unpaired) electrons. The van der Waals surface area contributed by atoms with Gasteiger partial charge in [0, 0.05) is 41.5 Å². The zero-order chi connectivity index (χ0) is 26.6. The van der Waals surface area contributed by atoms with Crippen LogP contribution in [0.25, 0.3) is 17.1 Å². The van der Waals surface area contributed by atoms with E-state index in [-0.39, 0.29) is 11.6 Å². The number of pyridine rings is 1. The number of Topliss-reactive ketones (excluding diaryl/α,β-unsaturated/α-hetero) is 1. The average Bonchev–Trinajstić information content (AvgIpc) is 3.61. The number of rotatable bonds is 5. The van der Waals surface area contributed by atoms with Gasteiger partial charge in [-0.05, 0) is 74.8 Å². The van der Waals surface area contributed by atoms with Crippen molar-refractivity contribution < 1.29 is 23.9 Å². The molecule has 0 atom stereocenters. The number of H-pyrrole nitrogens is 1. The predicted octanol–water partition coefficient (Wildman–Crippen LogP) is 3.67. The zero-order valence-electron chi connectivity index (χ0n) is 21.1. The van der Waals surface area contributed by atoms with Gasteiger partial charge < -0.3 is 19.8 Å². The van der Waals surface area contributed by atoms with Crippen molar-refractivity contribution >= 4 is 40.5 Å². The smallest absolute Gasteiger partial charge is 0.355 e. The van der Waals surface area contributed by atoms with Gasteiger partial charge in [0.2, 0.25) is 11.7 Å². The summed E-state index contributed by atoms with van der Waals surface area (Å²) in [6, 6.07) is 9.20. The molecule has 0 aliphatic carbocycles. The van der Waals surface area contributed by atoms with Crippen LogP contribution in [0.5, 0.6) is 0 Å². The number of allylic oxidation sites excluding steroid dienone is 1. The summed E-state index contributed by atoms with van der Waals surface area (Å²) in [5, 5.41) is 3.81. The molecule has 9 heteroatoms. The van der Waals surface area contributed by atoms with Crippen LogP contribution in [-0.4, -0.2) is 52.2 Å². The summed E-state index contributed by atoms with van der Waals surface area (Å²) < 4.78 is 10.5. The Bertz CT molecular complexity index is 1560. The van der Waals surface area contributed by atoms with E-state index in [4.69, 9.17) is 9.47 Å². The van der Waals surface area contributed by atoms with Crippen LogP contribution in [0.15, 0.2) is 59.9 Å². The fourth-order valence-electron chi connectivity index (χ4n) is 4.42. The molecular formula is C29H26N4O5. The highest BCUT2D eigenvalue weighted by Gasteiger charge is 2.38. The molecular weight excluding hydrogens is 484 g/mol. The van der Waals surface area contributed by atoms with Crippen LogP contribution in [0.2, 0.25) is 0 Å². The molecule has 38 heavy (non-hydrogen) atoms. The summed E-state index contributed by atoms with van der Waals surface area (Å²) in [5.41, 5.74) is 3.22. The van der Waals surface area contributed by atoms with Crippen molar-refractivity contribution in [2.45, 2.75) is 26.7 Å². The molecule has 1 fully saturated rings. The molecule has 3 aromatic rings. The van der Waals surface area contributed by atoms with Crippen molar-refractivity contribution in [3.05, 3.63) is 76.6 Å². The third kappa shape index (κ3) is 5.36. The standard InChI is InChI=1S/C29H26N4O5/c1-18-15-20(7-6-14-33-12-3-4-13-33)9-10-23(18)32-28-25(29(36)37-19(2)34)26(35)24(38-28)16-21-17-31-27-22(21)8-5-11-30-27/h5,8-11,15-17,32H,3-4,12-14H2,1-2H3,(H,30,31). The van der Waals surface area contributed by atoms with Gasteiger partial charge in [-0.2, -0.15) is 0 Å². The van der Waals surface area contributed by atoms with E-state index in [2.05, 4.69) is 32.0 Å². The number of esters is 2. The lowest BCUT2D eigenvalue weighted by atomic mass is 10.1. The molecule has 9 nitrogen and oxygen atoms in total. The van der Waals surface area contributed by atoms with E-state index in [1.165, 1.54) is 18.9 Å². The minimum atomic E-state index is -1.09. The Morgan fingerprint density at radius 2 is 2.08 bits per heavy atom. The van der Waals surface area contributed by atoms with E-state index < -0.39 is 23.3 Å². The topological polar surface area (TPSA) is 114 Å². The Hall–Kier alpha value is -4.68. The fourth-order valence-corrected chi connectivity index (χ4v) is 4.42. The highest BCUT2D eigenvalue weighted by molar-refractivity contribution is 6.27. The van der Waals surface area contributed by atoms with Crippen molar-refractivity contribution in [2.24, 2.45) is 0 Å². The number of nitrogens with zero attached hydrogens (tertiary/aromatic N) is 2. The molecule has 0 bridgehead atoms. The Morgan fingerprint density at radius 1 is 1.26 bits per heavy atom. The van der Waals surface area contributed by atoms with Gasteiger partial charge in [0.1, 0.15) is 5.65 Å². The summed E-state index contributed by atoms with van der Waals surface area (Å²) in [4.78, 5) is 46.9. The summed E-state index contributed by atoms with van der Waals surface area (Å²) in [6.07, 6.45) is 7.30. The van der Waals surface area contributed by atoms with Crippen molar-refractivity contribution in [1.29, 1.82) is 0 Å². The number of carbonyl (C=O) groups is 3. The van der Waals surface area contributed by atoms with E-state index in [0.29, 0.717) is 16.9 Å². The normalized spacial score (nSPS) is 16.5. The summed E-state index contributed by atoms with van der Waals surface area (Å²) in [7, 11) is 0. The Balaban J connectivity index is 1.40. The maximum Gasteiger partial charge on any atom is 0.355 e. The second-order valence-electron chi connectivity index (χ2n) is 9.11. The van der Waals surface area contributed by atoms with Crippen molar-refractivity contribution in [3.63, 3.8) is 0 Å². The van der Waals surface area contributed by atoms with Crippen molar-refractivity contribution in [3.8, 4) is 11.8 Å². The van der Waals surface area contributed by atoms with Crippen molar-refractivity contribution in [1.82, 2.24) is 14.9 Å². The van der Waals surface area contributed by atoms with Gasteiger partial charge in [-0.25, -0.2) is 9.78 Å². The molecule has 2 aliphatic rings. The molecule has 0 unspecified atom stereocenters. The molecule has 1 aromatic carbocycles. The molecule has 1 saturated heterocycles. The molecule has 0 saturated carbocycles. The first kappa shape index (κ1) is 25.0. The SMILES string of the molecule is CC(=O)OC(=O)C1=C(Nc2ccc(C#CCN3CCCC3)cc2C)OC(=Cc2c[nH]c3ncccc23)C1=O. The van der Waals surface area contributed by atoms with Crippen molar-refractivity contribution in [2.75, 3.05) is 25.0 Å². The first-order valence-electron chi connectivity index (χ1n) is 12.3. The van der Waals surface area contributed by atoms with Crippen LogP contribution in [0.1, 0.15) is 36.5 Å². The highest BCUT2D eigenvalue weighted by Crippen LogP contribution is 2.31. The number of benzene rings is 1. The minimum absolute atomic E-state index is 0.0881. The molecule has 0 amide bonds. The van der Waals surface area contributed by atoms with E-state index in [9.17, 15) is 14.4 Å². The zero-order valence-corrected chi connectivity index (χ0v) is 21.1. The Labute approximate surface area is 219 Å². The third-order valence-electron chi connectivity index (χ3n) is 6.31. The monoisotopic (exact) mass is 510 g/mol. The summed E-state index contributed by atoms with van der Waals surface area (Å²) >= 11 is 0. The second-order valence-corrected chi connectivity index (χ2v) is 9.11. The number of aromatic amines is 1. The van der Waals surface area contributed by atoms with Crippen LogP contribution in [0, 0.1) is 18.8 Å². The van der Waals surface area contributed by atoms with E-state index in [1.807, 2.05) is 25.1 Å². The number of hydrogen-bond acceptors (Lipinski definition) is 8. The maximum atomic E-state index is 13.2. The van der Waals surface area contributed by atoms with Crippen LogP contribution < -0.4 is 5.32 Å². The number of aryl methyl sites for hydroxylation is 1. The Morgan fingerprint density at radius 3 is 2.84 bits per heavy atom. The van der Waals surface area contributed by atoms with E-state index in [0.717, 1.165) is 43.1 Å². The van der Waals surface area contributed by atoms with Gasteiger partial charge in [0.05, 0.1) is 6.54 Å². The fraction of sp³-hybridized carbons (Fsp3) is 0.241. The number of nitrogens with one attached hydrogen (secondary N) is 2. The number of hydrogen-bond donors (Lipinski definition) is 2. The lowest BCUT2D eigenvalue weighted by molar-refractivity contribution is -0.155. The van der Waals surface area contributed by atoms with E-state index >= 15 is 0 Å². The number of anilines is 1. The molecule has 2 aliphatic heterocycles. The molecule has 5 rings (SSSR count). The average molecular weight is 511 g/mol.